The number of nitro groups is 1. The lowest BCUT2D eigenvalue weighted by Gasteiger charge is -2.08. The third kappa shape index (κ3) is 2.69. The molecule has 0 aliphatic heterocycles. The highest BCUT2D eigenvalue weighted by Gasteiger charge is 2.26. The number of nitrogens with zero attached hydrogens (tertiary/aromatic N) is 3. The maximum Gasteiger partial charge on any atom is 0.356 e. The third-order valence-corrected chi connectivity index (χ3v) is 4.44. The summed E-state index contributed by atoms with van der Waals surface area (Å²) >= 11 is 0. The second kappa shape index (κ2) is 6.31. The Morgan fingerprint density at radius 1 is 1.25 bits per heavy atom. The molecule has 4 aromatic rings. The van der Waals surface area contributed by atoms with Crippen molar-refractivity contribution in [3.63, 3.8) is 0 Å². The fourth-order valence-electron chi connectivity index (χ4n) is 3.08. The largest absolute Gasteiger partial charge is 0.507 e. The number of benzene rings is 1. The second-order valence-electron chi connectivity index (χ2n) is 6.29. The first-order valence-corrected chi connectivity index (χ1v) is 8.27. The summed E-state index contributed by atoms with van der Waals surface area (Å²) < 4.78 is 6.25. The van der Waals surface area contributed by atoms with Crippen molar-refractivity contribution in [2.45, 2.75) is 13.3 Å². The molecular weight excluding hydrogens is 366 g/mol. The molecule has 0 saturated heterocycles. The summed E-state index contributed by atoms with van der Waals surface area (Å²) in [6.45, 7) is 1.79. The van der Waals surface area contributed by atoms with E-state index in [1.165, 1.54) is 12.3 Å². The van der Waals surface area contributed by atoms with Crippen molar-refractivity contribution in [2.75, 3.05) is 0 Å². The molecule has 0 unspecified atom stereocenters. The molecule has 0 aliphatic rings. The lowest BCUT2D eigenvalue weighted by atomic mass is 10.1. The van der Waals surface area contributed by atoms with Crippen LogP contribution in [0.1, 0.15) is 16.8 Å². The van der Waals surface area contributed by atoms with Gasteiger partial charge in [-0.3, -0.25) is 19.3 Å². The van der Waals surface area contributed by atoms with Crippen LogP contribution in [0.25, 0.3) is 16.6 Å². The summed E-state index contributed by atoms with van der Waals surface area (Å²) in [5, 5.41) is 22.3. The summed E-state index contributed by atoms with van der Waals surface area (Å²) in [5.41, 5.74) is -1.70. The lowest BCUT2D eigenvalue weighted by molar-refractivity contribution is -0.387. The smallest absolute Gasteiger partial charge is 0.356 e. The number of hydrogen-bond acceptors (Lipinski definition) is 7. The maximum absolute atomic E-state index is 12.6. The van der Waals surface area contributed by atoms with E-state index in [9.17, 15) is 24.8 Å². The third-order valence-electron chi connectivity index (χ3n) is 4.44. The summed E-state index contributed by atoms with van der Waals surface area (Å²) in [6, 6.07) is 9.59. The zero-order chi connectivity index (χ0) is 20.0. The average molecular weight is 379 g/mol. The van der Waals surface area contributed by atoms with Gasteiger partial charge in [0.05, 0.1) is 15.9 Å². The molecule has 0 spiro atoms. The van der Waals surface area contributed by atoms with Crippen LogP contribution in [0, 0.1) is 17.0 Å². The highest BCUT2D eigenvalue weighted by atomic mass is 16.6. The molecule has 28 heavy (non-hydrogen) atoms. The van der Waals surface area contributed by atoms with Gasteiger partial charge in [0, 0.05) is 12.6 Å². The fraction of sp³-hybridized carbons (Fsp3) is 0.105. The predicted octanol–water partition coefficient (Wildman–Crippen LogP) is 2.31. The molecule has 0 saturated carbocycles. The SMILES string of the molecule is Cc1ccn2c(=O)c([N+](=O)[O-])c(Cc3c(O)c4ccccc4oc3=O)nc2c1. The minimum Gasteiger partial charge on any atom is -0.507 e. The Labute approximate surface area is 156 Å². The van der Waals surface area contributed by atoms with Gasteiger partial charge in [-0.05, 0) is 36.8 Å². The molecule has 140 valence electrons. The summed E-state index contributed by atoms with van der Waals surface area (Å²) in [6.07, 6.45) is 0.980. The molecule has 9 heteroatoms. The molecule has 0 bridgehead atoms. The van der Waals surface area contributed by atoms with Gasteiger partial charge in [0.2, 0.25) is 0 Å². The van der Waals surface area contributed by atoms with Gasteiger partial charge in [0.25, 0.3) is 0 Å². The fourth-order valence-corrected chi connectivity index (χ4v) is 3.08. The van der Waals surface area contributed by atoms with Crippen molar-refractivity contribution >= 4 is 22.3 Å². The Kier molecular flexibility index (Phi) is 3.92. The molecule has 4 rings (SSSR count). The minimum absolute atomic E-state index is 0.186. The van der Waals surface area contributed by atoms with Crippen molar-refractivity contribution in [2.24, 2.45) is 0 Å². The number of aromatic hydroxyl groups is 1. The topological polar surface area (TPSA) is 128 Å². The number of aromatic nitrogens is 2. The Hall–Kier alpha value is -4.01. The van der Waals surface area contributed by atoms with Gasteiger partial charge in [-0.2, -0.15) is 0 Å². The molecule has 3 heterocycles. The molecule has 1 aromatic carbocycles. The standard InChI is InChI=1S/C19H13N3O6/c1-10-6-7-21-15(8-10)20-13(16(18(21)24)22(26)27)9-12-17(23)11-4-2-3-5-14(11)28-19(12)25/h2-8,23H,9H2,1H3. The van der Waals surface area contributed by atoms with Gasteiger partial charge in [0.15, 0.2) is 0 Å². The average Bonchev–Trinajstić information content (AvgIpc) is 2.64. The van der Waals surface area contributed by atoms with Crippen LogP contribution >= 0.6 is 0 Å². The molecule has 0 fully saturated rings. The van der Waals surface area contributed by atoms with E-state index in [4.69, 9.17) is 4.42 Å². The monoisotopic (exact) mass is 379 g/mol. The number of fused-ring (bicyclic) bond motifs is 2. The first kappa shape index (κ1) is 17.4. The first-order chi connectivity index (χ1) is 13.4. The van der Waals surface area contributed by atoms with Crippen LogP contribution < -0.4 is 11.2 Å². The molecule has 1 N–H and O–H groups in total. The van der Waals surface area contributed by atoms with Crippen molar-refractivity contribution < 1.29 is 14.4 Å². The number of hydrogen-bond donors (Lipinski definition) is 1. The number of rotatable bonds is 3. The van der Waals surface area contributed by atoms with Crippen LogP contribution in [0.3, 0.4) is 0 Å². The van der Waals surface area contributed by atoms with E-state index >= 15 is 0 Å². The predicted molar refractivity (Wildman–Crippen MR) is 99.8 cm³/mol. The summed E-state index contributed by atoms with van der Waals surface area (Å²) in [5.74, 6) is -0.354. The van der Waals surface area contributed by atoms with Crippen LogP contribution in [0.15, 0.2) is 56.6 Å². The maximum atomic E-state index is 12.6. The van der Waals surface area contributed by atoms with E-state index in [0.717, 1.165) is 9.96 Å². The van der Waals surface area contributed by atoms with Gasteiger partial charge in [0.1, 0.15) is 22.7 Å². The van der Waals surface area contributed by atoms with Crippen LogP contribution in [0.4, 0.5) is 5.69 Å². The van der Waals surface area contributed by atoms with Crippen LogP contribution in [-0.2, 0) is 6.42 Å². The van der Waals surface area contributed by atoms with Crippen molar-refractivity contribution in [1.82, 2.24) is 9.38 Å². The van der Waals surface area contributed by atoms with Crippen molar-refractivity contribution in [3.05, 3.63) is 90.3 Å². The molecule has 0 atom stereocenters. The molecular formula is C19H13N3O6. The van der Waals surface area contributed by atoms with Crippen LogP contribution in [0.5, 0.6) is 5.75 Å². The lowest BCUT2D eigenvalue weighted by Crippen LogP contribution is -2.22. The van der Waals surface area contributed by atoms with Crippen LogP contribution in [-0.4, -0.2) is 19.4 Å². The van der Waals surface area contributed by atoms with Crippen LogP contribution in [0.2, 0.25) is 0 Å². The van der Waals surface area contributed by atoms with Gasteiger partial charge in [-0.25, -0.2) is 9.78 Å². The summed E-state index contributed by atoms with van der Waals surface area (Å²) in [4.78, 5) is 39.8. The van der Waals surface area contributed by atoms with Gasteiger partial charge < -0.3 is 9.52 Å². The Bertz CT molecular complexity index is 1390. The van der Waals surface area contributed by atoms with E-state index in [1.807, 2.05) is 0 Å². The van der Waals surface area contributed by atoms with E-state index in [0.29, 0.717) is 0 Å². The van der Waals surface area contributed by atoms with E-state index in [-0.39, 0.29) is 33.6 Å². The van der Waals surface area contributed by atoms with Gasteiger partial charge >= 0.3 is 16.9 Å². The first-order valence-electron chi connectivity index (χ1n) is 8.27. The van der Waals surface area contributed by atoms with Gasteiger partial charge in [-0.15, -0.1) is 0 Å². The molecule has 0 amide bonds. The Morgan fingerprint density at radius 3 is 2.75 bits per heavy atom. The Morgan fingerprint density at radius 2 is 2.00 bits per heavy atom. The van der Waals surface area contributed by atoms with Gasteiger partial charge in [-0.1, -0.05) is 12.1 Å². The highest BCUT2D eigenvalue weighted by Crippen LogP contribution is 2.28. The van der Waals surface area contributed by atoms with Crippen molar-refractivity contribution in [1.29, 1.82) is 0 Å². The zero-order valence-electron chi connectivity index (χ0n) is 14.6. The highest BCUT2D eigenvalue weighted by molar-refractivity contribution is 5.84. The number of pyridine rings is 1. The van der Waals surface area contributed by atoms with E-state index in [1.54, 1.807) is 37.3 Å². The molecule has 0 aliphatic carbocycles. The number of para-hydroxylation sites is 1. The summed E-state index contributed by atoms with van der Waals surface area (Å²) in [7, 11) is 0. The van der Waals surface area contributed by atoms with E-state index < -0.39 is 28.2 Å². The second-order valence-corrected chi connectivity index (χ2v) is 6.29. The molecule has 0 radical (unpaired) electrons. The van der Waals surface area contributed by atoms with Crippen molar-refractivity contribution in [3.8, 4) is 5.75 Å². The minimum atomic E-state index is -0.866. The molecule has 3 aromatic heterocycles. The zero-order valence-corrected chi connectivity index (χ0v) is 14.6. The number of aryl methyl sites for hydroxylation is 1. The Balaban J connectivity index is 1.99. The molecule has 9 nitrogen and oxygen atoms in total. The van der Waals surface area contributed by atoms with E-state index in [2.05, 4.69) is 4.98 Å². The normalized spacial score (nSPS) is 11.2. The quantitative estimate of drug-likeness (QED) is 0.329.